The van der Waals surface area contributed by atoms with Crippen molar-refractivity contribution in [2.45, 2.75) is 25.4 Å². The molecule has 41 heavy (non-hydrogen) atoms. The summed E-state index contributed by atoms with van der Waals surface area (Å²) in [5, 5.41) is 21.3. The maximum absolute atomic E-state index is 14.8. The van der Waals surface area contributed by atoms with Crippen LogP contribution in [0, 0.1) is 5.82 Å². The number of amides is 2. The number of carbonyl (C=O) groups is 3. The molecule has 1 saturated heterocycles. The maximum Gasteiger partial charge on any atom is 0.336 e. The second-order valence-electron chi connectivity index (χ2n) is 9.58. The van der Waals surface area contributed by atoms with Crippen molar-refractivity contribution in [2.75, 3.05) is 29.9 Å². The van der Waals surface area contributed by atoms with Crippen LogP contribution in [0.15, 0.2) is 60.2 Å². The first-order chi connectivity index (χ1) is 19.8. The largest absolute Gasteiger partial charge is 0.478 e. The van der Waals surface area contributed by atoms with Gasteiger partial charge in [-0.05, 0) is 37.1 Å². The molecule has 13 heteroatoms. The minimum atomic E-state index is -1.17. The van der Waals surface area contributed by atoms with Crippen molar-refractivity contribution in [3.8, 4) is 10.6 Å². The van der Waals surface area contributed by atoms with Gasteiger partial charge in [0.05, 0.1) is 35.2 Å². The third-order valence-corrected chi connectivity index (χ3v) is 7.55. The third kappa shape index (κ3) is 6.42. The van der Waals surface area contributed by atoms with Crippen LogP contribution in [0.1, 0.15) is 44.0 Å². The van der Waals surface area contributed by atoms with Gasteiger partial charge in [0.25, 0.3) is 11.8 Å². The first-order valence-electron chi connectivity index (χ1n) is 13.0. The van der Waals surface area contributed by atoms with Gasteiger partial charge in [0.15, 0.2) is 0 Å². The van der Waals surface area contributed by atoms with Crippen LogP contribution in [-0.4, -0.2) is 63.3 Å². The van der Waals surface area contributed by atoms with Crippen LogP contribution in [0.2, 0.25) is 0 Å². The predicted molar refractivity (Wildman–Crippen MR) is 153 cm³/mol. The smallest absolute Gasteiger partial charge is 0.336 e. The van der Waals surface area contributed by atoms with Crippen LogP contribution >= 0.6 is 11.3 Å². The summed E-state index contributed by atoms with van der Waals surface area (Å²) in [4.78, 5) is 43.1. The summed E-state index contributed by atoms with van der Waals surface area (Å²) in [5.74, 6) is -2.55. The second-order valence-corrected chi connectivity index (χ2v) is 10.4. The molecule has 1 fully saturated rings. The van der Waals surface area contributed by atoms with E-state index in [9.17, 15) is 23.9 Å². The molecular formula is C28H28FN7O4S. The first kappa shape index (κ1) is 27.9. The fraction of sp³-hybridized carbons (Fsp3) is 0.250. The van der Waals surface area contributed by atoms with Crippen molar-refractivity contribution >= 4 is 40.5 Å². The van der Waals surface area contributed by atoms with Gasteiger partial charge in [0, 0.05) is 42.8 Å². The quantitative estimate of drug-likeness (QED) is 0.236. The standard InChI is InChI=1S/C28H28FN7O4S/c29-21-8-3-9-22(24(21)35-11-4-5-18(30)15-35)33-26(38)23-16-41-27(34-23)17-13-32-36(14-17)12-10-31-25(37)19-6-1-2-7-20(19)28(39)40/h1-3,6-9,13-14,16,18H,4-5,10-12,15,30H2,(H,31,37)(H,33,38)(H,39,40)/t18-/m1/s1. The van der Waals surface area contributed by atoms with E-state index in [1.54, 1.807) is 46.7 Å². The number of rotatable bonds is 9. The molecule has 0 saturated carbocycles. The molecule has 1 atom stereocenters. The highest BCUT2D eigenvalue weighted by atomic mass is 32.1. The molecule has 3 heterocycles. The van der Waals surface area contributed by atoms with E-state index < -0.39 is 23.6 Å². The summed E-state index contributed by atoms with van der Waals surface area (Å²) in [6, 6.07) is 10.5. The van der Waals surface area contributed by atoms with Crippen molar-refractivity contribution < 1.29 is 23.9 Å². The van der Waals surface area contributed by atoms with E-state index in [0.717, 1.165) is 12.8 Å². The molecule has 0 aliphatic carbocycles. The lowest BCUT2D eigenvalue weighted by atomic mass is 10.1. The normalized spacial score (nSPS) is 15.0. The average molecular weight is 578 g/mol. The van der Waals surface area contributed by atoms with E-state index in [0.29, 0.717) is 41.6 Å². The molecule has 4 aromatic rings. The minimum absolute atomic E-state index is 0.0566. The third-order valence-electron chi connectivity index (χ3n) is 6.65. The Morgan fingerprint density at radius 2 is 1.93 bits per heavy atom. The number of anilines is 2. The van der Waals surface area contributed by atoms with Crippen molar-refractivity contribution in [1.82, 2.24) is 20.1 Å². The number of piperidine rings is 1. The van der Waals surface area contributed by atoms with Crippen LogP contribution in [0.3, 0.4) is 0 Å². The zero-order chi connectivity index (χ0) is 28.9. The fourth-order valence-electron chi connectivity index (χ4n) is 4.69. The van der Waals surface area contributed by atoms with Gasteiger partial charge in [-0.2, -0.15) is 5.10 Å². The number of hydrogen-bond acceptors (Lipinski definition) is 8. The number of para-hydroxylation sites is 1. The monoisotopic (exact) mass is 577 g/mol. The number of carbonyl (C=O) groups excluding carboxylic acids is 2. The lowest BCUT2D eigenvalue weighted by Gasteiger charge is -2.34. The van der Waals surface area contributed by atoms with Gasteiger partial charge in [-0.3, -0.25) is 14.3 Å². The number of halogens is 1. The van der Waals surface area contributed by atoms with Crippen molar-refractivity contribution in [3.05, 3.63) is 82.9 Å². The Morgan fingerprint density at radius 3 is 2.71 bits per heavy atom. The molecule has 0 spiro atoms. The van der Waals surface area contributed by atoms with Crippen molar-refractivity contribution in [2.24, 2.45) is 5.73 Å². The molecule has 5 N–H and O–H groups in total. The van der Waals surface area contributed by atoms with Crippen LogP contribution < -0.4 is 21.3 Å². The molecule has 212 valence electrons. The summed E-state index contributed by atoms with van der Waals surface area (Å²) in [6.07, 6.45) is 5.06. The number of nitrogens with zero attached hydrogens (tertiary/aromatic N) is 4. The lowest BCUT2D eigenvalue weighted by molar-refractivity contribution is 0.0690. The number of carboxylic acid groups (broad SMARTS) is 1. The van der Waals surface area contributed by atoms with Gasteiger partial charge in [-0.25, -0.2) is 14.2 Å². The average Bonchev–Trinajstić information content (AvgIpc) is 3.63. The molecule has 2 aromatic carbocycles. The van der Waals surface area contributed by atoms with Crippen LogP contribution in [0.25, 0.3) is 10.6 Å². The summed E-state index contributed by atoms with van der Waals surface area (Å²) in [5.41, 5.74) is 7.66. The summed E-state index contributed by atoms with van der Waals surface area (Å²) >= 11 is 1.27. The Labute approximate surface area is 238 Å². The van der Waals surface area contributed by atoms with E-state index in [1.807, 2.05) is 4.90 Å². The van der Waals surface area contributed by atoms with Crippen LogP contribution in [0.4, 0.5) is 15.8 Å². The molecule has 1 aliphatic rings. The van der Waals surface area contributed by atoms with Gasteiger partial charge in [0.1, 0.15) is 16.5 Å². The molecule has 11 nitrogen and oxygen atoms in total. The highest BCUT2D eigenvalue weighted by molar-refractivity contribution is 7.13. The van der Waals surface area contributed by atoms with E-state index in [2.05, 4.69) is 20.7 Å². The number of nitrogens with two attached hydrogens (primary N) is 1. The second kappa shape index (κ2) is 12.3. The van der Waals surface area contributed by atoms with Gasteiger partial charge in [0.2, 0.25) is 0 Å². The van der Waals surface area contributed by atoms with E-state index in [4.69, 9.17) is 5.73 Å². The topological polar surface area (TPSA) is 155 Å². The fourth-order valence-corrected chi connectivity index (χ4v) is 5.47. The Bertz CT molecular complexity index is 1590. The molecule has 2 aromatic heterocycles. The Balaban J connectivity index is 1.21. The molecule has 5 rings (SSSR count). The summed E-state index contributed by atoms with van der Waals surface area (Å²) < 4.78 is 16.4. The van der Waals surface area contributed by atoms with Crippen molar-refractivity contribution in [1.29, 1.82) is 0 Å². The SMILES string of the molecule is N[C@@H]1CCCN(c2c(F)cccc2NC(=O)c2csc(-c3cnn(CCNC(=O)c4ccccc4C(=O)O)c3)n2)C1. The van der Waals surface area contributed by atoms with E-state index >= 15 is 0 Å². The van der Waals surface area contributed by atoms with Gasteiger partial charge in [-0.15, -0.1) is 11.3 Å². The molecule has 2 amide bonds. The van der Waals surface area contributed by atoms with E-state index in [-0.39, 0.29) is 29.4 Å². The van der Waals surface area contributed by atoms with Crippen LogP contribution in [-0.2, 0) is 6.54 Å². The highest BCUT2D eigenvalue weighted by Gasteiger charge is 2.24. The number of hydrogen-bond donors (Lipinski definition) is 4. The zero-order valence-electron chi connectivity index (χ0n) is 21.9. The summed E-state index contributed by atoms with van der Waals surface area (Å²) in [6.45, 7) is 1.72. The lowest BCUT2D eigenvalue weighted by Crippen LogP contribution is -2.43. The molecular weight excluding hydrogens is 549 g/mol. The Hall–Kier alpha value is -4.62. The number of aromatic nitrogens is 3. The maximum atomic E-state index is 14.8. The highest BCUT2D eigenvalue weighted by Crippen LogP contribution is 2.32. The van der Waals surface area contributed by atoms with Crippen molar-refractivity contribution in [3.63, 3.8) is 0 Å². The first-order valence-corrected chi connectivity index (χ1v) is 13.9. The summed E-state index contributed by atoms with van der Waals surface area (Å²) in [7, 11) is 0. The molecule has 1 aliphatic heterocycles. The minimum Gasteiger partial charge on any atom is -0.478 e. The van der Waals surface area contributed by atoms with Gasteiger partial charge < -0.3 is 26.4 Å². The molecule has 0 bridgehead atoms. The number of thiazole rings is 1. The number of benzene rings is 2. The van der Waals surface area contributed by atoms with Crippen LogP contribution in [0.5, 0.6) is 0 Å². The number of aromatic carboxylic acids is 1. The Kier molecular flexibility index (Phi) is 8.36. The predicted octanol–water partition coefficient (Wildman–Crippen LogP) is 3.45. The molecule has 0 unspecified atom stereocenters. The van der Waals surface area contributed by atoms with Gasteiger partial charge >= 0.3 is 5.97 Å². The Morgan fingerprint density at radius 1 is 1.12 bits per heavy atom. The van der Waals surface area contributed by atoms with Gasteiger partial charge in [-0.1, -0.05) is 18.2 Å². The number of nitrogens with one attached hydrogen (secondary N) is 2. The zero-order valence-corrected chi connectivity index (χ0v) is 22.7. The number of carboxylic acids is 1. The molecule has 0 radical (unpaired) electrons. The van der Waals surface area contributed by atoms with E-state index in [1.165, 1.54) is 29.5 Å².